The highest BCUT2D eigenvalue weighted by Crippen LogP contribution is 2.25. The smallest absolute Gasteiger partial charge is 0.236 e. The van der Waals surface area contributed by atoms with Gasteiger partial charge in [-0.25, -0.2) is 0 Å². The molecule has 1 amide bonds. The van der Waals surface area contributed by atoms with E-state index in [9.17, 15) is 4.79 Å². The molecule has 2 rings (SSSR count). The minimum atomic E-state index is -0.00648. The molecule has 1 heterocycles. The van der Waals surface area contributed by atoms with Gasteiger partial charge in [-0.05, 0) is 25.8 Å². The Morgan fingerprint density at radius 2 is 2.05 bits per heavy atom. The number of carbonyl (C=O) groups is 1. The van der Waals surface area contributed by atoms with Crippen LogP contribution in [0.2, 0.25) is 0 Å². The van der Waals surface area contributed by atoms with Gasteiger partial charge in [-0.1, -0.05) is 29.8 Å². The highest BCUT2D eigenvalue weighted by molar-refractivity contribution is 5.78. The molecule has 1 aliphatic rings. The predicted octanol–water partition coefficient (Wildman–Crippen LogP) is 1.55. The van der Waals surface area contributed by atoms with Crippen molar-refractivity contribution in [2.45, 2.75) is 32.4 Å². The molecule has 0 aliphatic carbocycles. The number of benzene rings is 1. The Morgan fingerprint density at radius 1 is 1.30 bits per heavy atom. The topological polar surface area (TPSA) is 49.6 Å². The van der Waals surface area contributed by atoms with Crippen molar-refractivity contribution >= 4 is 5.91 Å². The summed E-state index contributed by atoms with van der Waals surface area (Å²) in [6.07, 6.45) is 0.997. The maximum absolute atomic E-state index is 12.1. The molecule has 20 heavy (non-hydrogen) atoms. The molecule has 1 aromatic carbocycles. The third-order valence-corrected chi connectivity index (χ3v) is 3.98. The summed E-state index contributed by atoms with van der Waals surface area (Å²) in [5, 5.41) is 0. The Balaban J connectivity index is 2.26. The fourth-order valence-electron chi connectivity index (χ4n) is 2.95. The minimum absolute atomic E-state index is 0.00648. The number of likely N-dealkylation sites (N-methyl/N-ethyl adjacent to an activating group) is 1. The van der Waals surface area contributed by atoms with Gasteiger partial charge in [0.15, 0.2) is 0 Å². The molecule has 0 saturated carbocycles. The molecule has 0 radical (unpaired) electrons. The Morgan fingerprint density at radius 3 is 2.70 bits per heavy atom. The van der Waals surface area contributed by atoms with Crippen molar-refractivity contribution in [3.63, 3.8) is 0 Å². The summed E-state index contributed by atoms with van der Waals surface area (Å²) >= 11 is 0. The molecular formula is C16H25N3O. The Hall–Kier alpha value is -1.39. The third-order valence-electron chi connectivity index (χ3n) is 3.98. The third kappa shape index (κ3) is 3.38. The van der Waals surface area contributed by atoms with Crippen LogP contribution in [0.5, 0.6) is 0 Å². The van der Waals surface area contributed by atoms with Gasteiger partial charge in [-0.15, -0.1) is 0 Å². The number of nitrogens with two attached hydrogens (primary N) is 1. The molecule has 4 heteroatoms. The number of hydrogen-bond acceptors (Lipinski definition) is 3. The zero-order chi connectivity index (χ0) is 14.7. The van der Waals surface area contributed by atoms with Crippen molar-refractivity contribution in [2.24, 2.45) is 5.73 Å². The first-order chi connectivity index (χ1) is 9.49. The zero-order valence-corrected chi connectivity index (χ0v) is 12.7. The summed E-state index contributed by atoms with van der Waals surface area (Å²) in [7, 11) is 1.87. The van der Waals surface area contributed by atoms with Crippen LogP contribution in [-0.2, 0) is 4.79 Å². The zero-order valence-electron chi connectivity index (χ0n) is 12.7. The van der Waals surface area contributed by atoms with E-state index in [1.165, 1.54) is 11.1 Å². The van der Waals surface area contributed by atoms with Crippen molar-refractivity contribution in [3.05, 3.63) is 35.4 Å². The summed E-state index contributed by atoms with van der Waals surface area (Å²) in [5.74, 6) is 0.181. The van der Waals surface area contributed by atoms with Crippen LogP contribution in [0.1, 0.15) is 30.5 Å². The molecule has 0 spiro atoms. The molecule has 2 unspecified atom stereocenters. The van der Waals surface area contributed by atoms with Gasteiger partial charge in [-0.2, -0.15) is 0 Å². The number of aryl methyl sites for hydroxylation is 1. The van der Waals surface area contributed by atoms with Crippen LogP contribution in [0.3, 0.4) is 0 Å². The Bertz CT molecular complexity index is 473. The first-order valence-electron chi connectivity index (χ1n) is 7.29. The average molecular weight is 275 g/mol. The summed E-state index contributed by atoms with van der Waals surface area (Å²) in [6, 6.07) is 8.53. The van der Waals surface area contributed by atoms with Gasteiger partial charge >= 0.3 is 0 Å². The molecule has 0 aromatic heterocycles. The van der Waals surface area contributed by atoms with Crippen LogP contribution in [-0.4, -0.2) is 48.4 Å². The number of carbonyl (C=O) groups excluding carboxylic acids is 1. The van der Waals surface area contributed by atoms with Gasteiger partial charge < -0.3 is 10.6 Å². The monoisotopic (exact) mass is 275 g/mol. The Kier molecular flexibility index (Phi) is 4.78. The second-order valence-corrected chi connectivity index (χ2v) is 5.86. The van der Waals surface area contributed by atoms with Crippen molar-refractivity contribution in [3.8, 4) is 0 Å². The lowest BCUT2D eigenvalue weighted by Gasteiger charge is -2.33. The molecule has 1 aromatic rings. The first-order valence-corrected chi connectivity index (χ1v) is 7.29. The van der Waals surface area contributed by atoms with Crippen LogP contribution in [0, 0.1) is 6.92 Å². The summed E-state index contributed by atoms with van der Waals surface area (Å²) < 4.78 is 0. The number of hydrogen-bond donors (Lipinski definition) is 1. The van der Waals surface area contributed by atoms with E-state index in [1.54, 1.807) is 0 Å². The fraction of sp³-hybridized carbons (Fsp3) is 0.562. The van der Waals surface area contributed by atoms with Crippen LogP contribution in [0.25, 0.3) is 0 Å². The van der Waals surface area contributed by atoms with Gasteiger partial charge in [0.05, 0.1) is 12.6 Å². The van der Waals surface area contributed by atoms with Gasteiger partial charge in [0.2, 0.25) is 5.91 Å². The van der Waals surface area contributed by atoms with Gasteiger partial charge in [0, 0.05) is 26.2 Å². The summed E-state index contributed by atoms with van der Waals surface area (Å²) in [4.78, 5) is 16.1. The van der Waals surface area contributed by atoms with E-state index in [2.05, 4.69) is 36.1 Å². The van der Waals surface area contributed by atoms with Gasteiger partial charge in [0.25, 0.3) is 0 Å². The van der Waals surface area contributed by atoms with Crippen molar-refractivity contribution in [1.29, 1.82) is 0 Å². The van der Waals surface area contributed by atoms with Gasteiger partial charge in [0.1, 0.15) is 0 Å². The quantitative estimate of drug-likeness (QED) is 0.910. The molecule has 1 saturated heterocycles. The van der Waals surface area contributed by atoms with Crippen molar-refractivity contribution < 1.29 is 4.79 Å². The van der Waals surface area contributed by atoms with E-state index in [0.717, 1.165) is 19.5 Å². The molecule has 4 nitrogen and oxygen atoms in total. The minimum Gasteiger partial charge on any atom is -0.345 e. The number of amides is 1. The summed E-state index contributed by atoms with van der Waals surface area (Å²) in [5.41, 5.74) is 8.65. The molecule has 110 valence electrons. The molecule has 1 aliphatic heterocycles. The lowest BCUT2D eigenvalue weighted by Crippen LogP contribution is -2.43. The lowest BCUT2D eigenvalue weighted by molar-refractivity contribution is -0.130. The maximum atomic E-state index is 12.1. The van der Waals surface area contributed by atoms with E-state index in [4.69, 9.17) is 5.73 Å². The number of nitrogens with zero attached hydrogens (tertiary/aromatic N) is 2. The first kappa shape index (κ1) is 15.0. The van der Waals surface area contributed by atoms with E-state index in [0.29, 0.717) is 6.54 Å². The molecule has 1 fully saturated rings. The Labute approximate surface area is 121 Å². The molecule has 2 N–H and O–H groups in total. The van der Waals surface area contributed by atoms with E-state index >= 15 is 0 Å². The van der Waals surface area contributed by atoms with E-state index < -0.39 is 0 Å². The molecular weight excluding hydrogens is 250 g/mol. The maximum Gasteiger partial charge on any atom is 0.236 e. The average Bonchev–Trinajstić information content (AvgIpc) is 2.52. The predicted molar refractivity (Wildman–Crippen MR) is 81.4 cm³/mol. The second kappa shape index (κ2) is 6.37. The second-order valence-electron chi connectivity index (χ2n) is 5.86. The molecule has 2 atom stereocenters. The highest BCUT2D eigenvalue weighted by atomic mass is 16.2. The molecule has 0 bridgehead atoms. The standard InChI is InChI=1S/C16H25N3O/c1-12-6-4-7-14(10-12)16(13(2)17)19-9-5-8-18(3)15(20)11-19/h4,6-7,10,13,16H,5,8-9,11,17H2,1-3H3. The van der Waals surface area contributed by atoms with Crippen LogP contribution >= 0.6 is 0 Å². The van der Waals surface area contributed by atoms with Crippen LogP contribution in [0.4, 0.5) is 0 Å². The summed E-state index contributed by atoms with van der Waals surface area (Å²) in [6.45, 7) is 6.30. The van der Waals surface area contributed by atoms with Crippen LogP contribution < -0.4 is 5.73 Å². The van der Waals surface area contributed by atoms with Gasteiger partial charge in [-0.3, -0.25) is 9.69 Å². The van der Waals surface area contributed by atoms with Crippen molar-refractivity contribution in [2.75, 3.05) is 26.7 Å². The fourth-order valence-corrected chi connectivity index (χ4v) is 2.95. The largest absolute Gasteiger partial charge is 0.345 e. The van der Waals surface area contributed by atoms with Crippen molar-refractivity contribution in [1.82, 2.24) is 9.80 Å². The van der Waals surface area contributed by atoms with E-state index in [1.807, 2.05) is 18.9 Å². The number of rotatable bonds is 3. The van der Waals surface area contributed by atoms with Crippen LogP contribution in [0.15, 0.2) is 24.3 Å². The van der Waals surface area contributed by atoms with E-state index in [-0.39, 0.29) is 18.0 Å². The highest BCUT2D eigenvalue weighted by Gasteiger charge is 2.28. The lowest BCUT2D eigenvalue weighted by atomic mass is 9.97. The normalized spacial score (nSPS) is 20.6. The SMILES string of the molecule is Cc1cccc(C(C(C)N)N2CCCN(C)C(=O)C2)c1.